The molecular weight excluding hydrogens is 278 g/mol. The number of nitrogens with zero attached hydrogens (tertiary/aromatic N) is 2. The fourth-order valence-corrected chi connectivity index (χ4v) is 2.44. The number of hydrogen-bond acceptors (Lipinski definition) is 5. The van der Waals surface area contributed by atoms with Gasteiger partial charge in [0, 0.05) is 0 Å². The number of rotatable bonds is 2. The van der Waals surface area contributed by atoms with Crippen molar-refractivity contribution in [3.05, 3.63) is 44.5 Å². The Hall–Kier alpha value is -2.61. The molecular formula is C13H13N3O5. The van der Waals surface area contributed by atoms with Crippen LogP contribution in [0, 0.1) is 0 Å². The molecule has 2 N–H and O–H groups in total. The number of nitrogens with one attached hydrogen (secondary N) is 1. The molecule has 0 saturated carbocycles. The number of morpholine rings is 1. The molecule has 1 aliphatic heterocycles. The maximum Gasteiger partial charge on any atom is 0.337 e. The molecule has 0 amide bonds. The molecule has 8 nitrogen and oxygen atoms in total. The third kappa shape index (κ3) is 2.19. The van der Waals surface area contributed by atoms with Crippen LogP contribution in [-0.2, 0) is 4.74 Å². The van der Waals surface area contributed by atoms with Crippen LogP contribution in [0.5, 0.6) is 0 Å². The predicted octanol–water partition coefficient (Wildman–Crippen LogP) is -0.644. The Bertz CT molecular complexity index is 817. The van der Waals surface area contributed by atoms with Crippen LogP contribution in [-0.4, -0.2) is 47.0 Å². The number of carboxylic acids is 1. The lowest BCUT2D eigenvalue weighted by Gasteiger charge is -2.31. The number of ether oxygens (including phenoxy) is 1. The van der Waals surface area contributed by atoms with Crippen LogP contribution >= 0.6 is 0 Å². The summed E-state index contributed by atoms with van der Waals surface area (Å²) in [4.78, 5) is 37.8. The zero-order chi connectivity index (χ0) is 15.0. The minimum Gasteiger partial charge on any atom is -0.478 e. The molecule has 2 aromatic rings. The molecule has 0 spiro atoms. The number of aromatic amines is 1. The second-order valence-electron chi connectivity index (χ2n) is 4.64. The Morgan fingerprint density at radius 3 is 2.62 bits per heavy atom. The van der Waals surface area contributed by atoms with E-state index in [4.69, 9.17) is 4.74 Å². The van der Waals surface area contributed by atoms with Crippen molar-refractivity contribution in [1.82, 2.24) is 9.66 Å². The van der Waals surface area contributed by atoms with Crippen LogP contribution in [0.1, 0.15) is 10.4 Å². The van der Waals surface area contributed by atoms with Crippen molar-refractivity contribution in [1.29, 1.82) is 0 Å². The highest BCUT2D eigenvalue weighted by Crippen LogP contribution is 2.15. The van der Waals surface area contributed by atoms with Gasteiger partial charge >= 0.3 is 17.1 Å². The first-order valence-electron chi connectivity index (χ1n) is 6.44. The summed E-state index contributed by atoms with van der Waals surface area (Å²) in [5, 5.41) is 11.0. The Morgan fingerprint density at radius 1 is 1.24 bits per heavy atom. The minimum absolute atomic E-state index is 0.0349. The van der Waals surface area contributed by atoms with E-state index in [2.05, 4.69) is 4.98 Å². The maximum absolute atomic E-state index is 12.2. The molecule has 0 unspecified atom stereocenters. The first kappa shape index (κ1) is 13.4. The molecule has 1 aromatic heterocycles. The molecule has 21 heavy (non-hydrogen) atoms. The number of fused-ring (bicyclic) bond motifs is 1. The first-order chi connectivity index (χ1) is 10.1. The number of benzene rings is 1. The van der Waals surface area contributed by atoms with Crippen molar-refractivity contribution < 1.29 is 14.6 Å². The predicted molar refractivity (Wildman–Crippen MR) is 74.6 cm³/mol. The molecule has 3 rings (SSSR count). The largest absolute Gasteiger partial charge is 0.478 e. The molecule has 1 saturated heterocycles. The number of carbonyl (C=O) groups is 1. The third-order valence-electron chi connectivity index (χ3n) is 3.38. The molecule has 2 heterocycles. The summed E-state index contributed by atoms with van der Waals surface area (Å²) >= 11 is 0. The second-order valence-corrected chi connectivity index (χ2v) is 4.64. The Balaban J connectivity index is 2.38. The number of aromatic carboxylic acids is 1. The molecule has 8 heteroatoms. The van der Waals surface area contributed by atoms with E-state index in [0.717, 1.165) is 4.68 Å². The Labute approximate surface area is 118 Å². The summed E-state index contributed by atoms with van der Waals surface area (Å²) in [7, 11) is 0. The highest BCUT2D eigenvalue weighted by atomic mass is 16.5. The normalized spacial score (nSPS) is 15.3. The maximum atomic E-state index is 12.2. The second kappa shape index (κ2) is 5.06. The van der Waals surface area contributed by atoms with E-state index in [1.54, 1.807) is 11.1 Å². The lowest BCUT2D eigenvalue weighted by molar-refractivity contribution is 0.0698. The summed E-state index contributed by atoms with van der Waals surface area (Å²) in [6.07, 6.45) is 0. The standard InChI is InChI=1S/C13H13N3O5/c17-11-12(18)16(15-4-6-21-7-5-15)10-8(13(19)20)2-1-3-9(10)14-11/h1-3H,4-7H2,(H,14,17)(H,19,20). The van der Waals surface area contributed by atoms with E-state index < -0.39 is 17.1 Å². The van der Waals surface area contributed by atoms with Crippen molar-refractivity contribution in [3.63, 3.8) is 0 Å². The van der Waals surface area contributed by atoms with Gasteiger partial charge in [0.15, 0.2) is 0 Å². The number of carboxylic acid groups (broad SMARTS) is 1. The monoisotopic (exact) mass is 291 g/mol. The van der Waals surface area contributed by atoms with Crippen molar-refractivity contribution in [2.75, 3.05) is 31.3 Å². The van der Waals surface area contributed by atoms with Gasteiger partial charge < -0.3 is 19.8 Å². The van der Waals surface area contributed by atoms with Crippen molar-refractivity contribution in [2.24, 2.45) is 0 Å². The topological polar surface area (TPSA) is 105 Å². The van der Waals surface area contributed by atoms with Gasteiger partial charge in [-0.15, -0.1) is 0 Å². The van der Waals surface area contributed by atoms with Crippen molar-refractivity contribution in [2.45, 2.75) is 0 Å². The molecule has 1 fully saturated rings. The van der Waals surface area contributed by atoms with E-state index in [-0.39, 0.29) is 11.1 Å². The smallest absolute Gasteiger partial charge is 0.337 e. The molecule has 0 bridgehead atoms. The van der Waals surface area contributed by atoms with Gasteiger partial charge in [-0.05, 0) is 12.1 Å². The first-order valence-corrected chi connectivity index (χ1v) is 6.44. The van der Waals surface area contributed by atoms with E-state index in [9.17, 15) is 19.5 Å². The van der Waals surface area contributed by atoms with Crippen LogP contribution in [0.25, 0.3) is 11.0 Å². The van der Waals surface area contributed by atoms with Gasteiger partial charge in [0.2, 0.25) is 0 Å². The minimum atomic E-state index is -1.16. The van der Waals surface area contributed by atoms with Gasteiger partial charge in [-0.25, -0.2) is 9.47 Å². The zero-order valence-corrected chi connectivity index (χ0v) is 11.0. The Morgan fingerprint density at radius 2 is 1.95 bits per heavy atom. The highest BCUT2D eigenvalue weighted by Gasteiger charge is 2.20. The van der Waals surface area contributed by atoms with Gasteiger partial charge in [0.05, 0.1) is 37.4 Å². The summed E-state index contributed by atoms with van der Waals surface area (Å²) < 4.78 is 6.37. The van der Waals surface area contributed by atoms with Gasteiger partial charge in [-0.2, -0.15) is 0 Å². The van der Waals surface area contributed by atoms with E-state index >= 15 is 0 Å². The molecule has 110 valence electrons. The molecule has 0 aliphatic carbocycles. The molecule has 0 atom stereocenters. The van der Waals surface area contributed by atoms with Crippen molar-refractivity contribution in [3.8, 4) is 0 Å². The summed E-state index contributed by atoms with van der Waals surface area (Å²) in [6, 6.07) is 4.49. The number of para-hydroxylation sites is 1. The summed E-state index contributed by atoms with van der Waals surface area (Å²) in [5.41, 5.74) is -1.11. The molecule has 1 aromatic carbocycles. The van der Waals surface area contributed by atoms with Gasteiger partial charge in [-0.1, -0.05) is 6.07 Å². The van der Waals surface area contributed by atoms with Crippen LogP contribution in [0.15, 0.2) is 27.8 Å². The lowest BCUT2D eigenvalue weighted by Crippen LogP contribution is -2.53. The summed E-state index contributed by atoms with van der Waals surface area (Å²) in [5.74, 6) is -1.16. The van der Waals surface area contributed by atoms with Gasteiger partial charge in [0.25, 0.3) is 0 Å². The van der Waals surface area contributed by atoms with Gasteiger partial charge in [-0.3, -0.25) is 9.59 Å². The van der Waals surface area contributed by atoms with Crippen LogP contribution in [0.3, 0.4) is 0 Å². The number of H-pyrrole nitrogens is 1. The van der Waals surface area contributed by atoms with Crippen LogP contribution in [0.4, 0.5) is 0 Å². The zero-order valence-electron chi connectivity index (χ0n) is 11.0. The van der Waals surface area contributed by atoms with Gasteiger partial charge in [0.1, 0.15) is 5.52 Å². The number of aromatic nitrogens is 2. The Kier molecular flexibility index (Phi) is 3.22. The fourth-order valence-electron chi connectivity index (χ4n) is 2.44. The molecule has 0 radical (unpaired) electrons. The van der Waals surface area contributed by atoms with E-state index in [1.165, 1.54) is 12.1 Å². The highest BCUT2D eigenvalue weighted by molar-refractivity contribution is 6.00. The van der Waals surface area contributed by atoms with E-state index in [0.29, 0.717) is 31.8 Å². The van der Waals surface area contributed by atoms with E-state index in [1.807, 2.05) is 0 Å². The quantitative estimate of drug-likeness (QED) is 0.713. The average molecular weight is 291 g/mol. The van der Waals surface area contributed by atoms with Crippen molar-refractivity contribution >= 4 is 17.0 Å². The summed E-state index contributed by atoms with van der Waals surface area (Å²) in [6.45, 7) is 1.64. The van der Waals surface area contributed by atoms with Crippen LogP contribution < -0.4 is 16.1 Å². The third-order valence-corrected chi connectivity index (χ3v) is 3.38. The lowest BCUT2D eigenvalue weighted by atomic mass is 10.2. The van der Waals surface area contributed by atoms with Crippen LogP contribution in [0.2, 0.25) is 0 Å². The SMILES string of the molecule is O=C(O)c1cccc2[nH]c(=O)c(=O)n(N3CCOCC3)c12. The number of hydrogen-bond donors (Lipinski definition) is 2. The fraction of sp³-hybridized carbons (Fsp3) is 0.308. The average Bonchev–Trinajstić information content (AvgIpc) is 2.48. The molecule has 1 aliphatic rings.